The van der Waals surface area contributed by atoms with Crippen LogP contribution in [0.5, 0.6) is 0 Å². The number of aryl methyl sites for hydroxylation is 2. The van der Waals surface area contributed by atoms with Crippen LogP contribution < -0.4 is 10.6 Å². The van der Waals surface area contributed by atoms with Crippen molar-refractivity contribution in [1.29, 1.82) is 0 Å². The average Bonchev–Trinajstić information content (AvgIpc) is 3.44. The molecule has 4 rings (SSSR count). The highest BCUT2D eigenvalue weighted by atomic mass is 32.1. The van der Waals surface area contributed by atoms with E-state index in [-0.39, 0.29) is 0 Å². The number of thiophene rings is 1. The molecule has 0 radical (unpaired) electrons. The van der Waals surface area contributed by atoms with Gasteiger partial charge in [0.15, 0.2) is 5.65 Å². The topological polar surface area (TPSA) is 54.2 Å². The molecule has 6 heteroatoms. The molecule has 0 atom stereocenters. The van der Waals surface area contributed by atoms with Gasteiger partial charge in [-0.15, -0.1) is 11.3 Å². The number of benzene rings is 1. The zero-order valence-electron chi connectivity index (χ0n) is 18.6. The lowest BCUT2D eigenvalue weighted by molar-refractivity contribution is 0.692. The van der Waals surface area contributed by atoms with Crippen molar-refractivity contribution in [2.45, 2.75) is 26.7 Å². The van der Waals surface area contributed by atoms with Crippen LogP contribution in [0.3, 0.4) is 0 Å². The second-order valence-corrected chi connectivity index (χ2v) is 8.34. The number of nitrogens with zero attached hydrogens (tertiary/aromatic N) is 3. The van der Waals surface area contributed by atoms with Gasteiger partial charge in [-0.3, -0.25) is 0 Å². The van der Waals surface area contributed by atoms with Crippen molar-refractivity contribution in [2.24, 2.45) is 0 Å². The second kappa shape index (κ2) is 11.4. The molecule has 5 nitrogen and oxygen atoms in total. The number of rotatable bonds is 8. The maximum atomic E-state index is 4.83. The third-order valence-electron chi connectivity index (χ3n) is 4.97. The minimum atomic E-state index is 0.911. The van der Waals surface area contributed by atoms with Crippen LogP contribution in [0.2, 0.25) is 0 Å². The third-order valence-corrected chi connectivity index (χ3v) is 5.84. The van der Waals surface area contributed by atoms with Crippen LogP contribution in [0.4, 0.5) is 5.82 Å². The van der Waals surface area contributed by atoms with Crippen LogP contribution in [0.25, 0.3) is 23.0 Å². The van der Waals surface area contributed by atoms with E-state index in [0.29, 0.717) is 0 Å². The molecular formula is C25H31N5S. The molecular weight excluding hydrogens is 402 g/mol. The molecule has 3 aromatic heterocycles. The number of hydrogen-bond acceptors (Lipinski definition) is 5. The lowest BCUT2D eigenvalue weighted by atomic mass is 10.1. The fourth-order valence-electron chi connectivity index (χ4n) is 3.25. The van der Waals surface area contributed by atoms with Gasteiger partial charge in [0.05, 0.1) is 11.9 Å². The minimum absolute atomic E-state index is 0.911. The van der Waals surface area contributed by atoms with Gasteiger partial charge in [-0.05, 0) is 57.3 Å². The molecule has 3 heterocycles. The van der Waals surface area contributed by atoms with Gasteiger partial charge in [0, 0.05) is 28.6 Å². The zero-order valence-corrected chi connectivity index (χ0v) is 19.4. The average molecular weight is 434 g/mol. The van der Waals surface area contributed by atoms with Gasteiger partial charge in [0.2, 0.25) is 0 Å². The molecule has 31 heavy (non-hydrogen) atoms. The molecule has 0 unspecified atom stereocenters. The largest absolute Gasteiger partial charge is 0.370 e. The first kappa shape index (κ1) is 22.7. The Kier molecular flexibility index (Phi) is 8.38. The maximum absolute atomic E-state index is 4.83. The third kappa shape index (κ3) is 6.03. The van der Waals surface area contributed by atoms with Crippen LogP contribution in [-0.4, -0.2) is 34.7 Å². The smallest absolute Gasteiger partial charge is 0.160 e. The molecule has 162 valence electrons. The van der Waals surface area contributed by atoms with Crippen LogP contribution in [0, 0.1) is 13.8 Å². The quantitative estimate of drug-likeness (QED) is 0.344. The molecule has 0 saturated carbocycles. The number of nitrogens with one attached hydrogen (secondary N) is 2. The normalized spacial score (nSPS) is 10.5. The van der Waals surface area contributed by atoms with Gasteiger partial charge in [0.25, 0.3) is 0 Å². The number of hydrogen-bond donors (Lipinski definition) is 2. The first-order chi connectivity index (χ1) is 15.1. The van der Waals surface area contributed by atoms with Crippen molar-refractivity contribution in [1.82, 2.24) is 19.9 Å². The zero-order chi connectivity index (χ0) is 22.1. The first-order valence-corrected chi connectivity index (χ1v) is 11.5. The number of unbranched alkanes of at least 4 members (excludes halogenated alkanes) is 1. The van der Waals surface area contributed by atoms with E-state index in [0.717, 1.165) is 48.7 Å². The van der Waals surface area contributed by atoms with E-state index < -0.39 is 0 Å². The first-order valence-electron chi connectivity index (χ1n) is 10.6. The summed E-state index contributed by atoms with van der Waals surface area (Å²) in [7, 11) is 1.99. The van der Waals surface area contributed by atoms with Crippen molar-refractivity contribution < 1.29 is 0 Å². The Labute approximate surface area is 188 Å². The maximum Gasteiger partial charge on any atom is 0.160 e. The van der Waals surface area contributed by atoms with E-state index in [9.17, 15) is 0 Å². The molecule has 0 aliphatic carbocycles. The molecule has 1 aromatic carbocycles. The Bertz CT molecular complexity index is 1100. The number of anilines is 1. The van der Waals surface area contributed by atoms with E-state index in [4.69, 9.17) is 4.98 Å². The number of fused-ring (bicyclic) bond motifs is 1. The summed E-state index contributed by atoms with van der Waals surface area (Å²) in [6, 6.07) is 14.5. The predicted molar refractivity (Wildman–Crippen MR) is 134 cm³/mol. The summed E-state index contributed by atoms with van der Waals surface area (Å²) in [6.07, 6.45) is 5.99. The van der Waals surface area contributed by atoms with Crippen molar-refractivity contribution in [3.8, 4) is 11.3 Å². The van der Waals surface area contributed by atoms with Gasteiger partial charge in [-0.25, -0.2) is 4.98 Å². The van der Waals surface area contributed by atoms with Crippen molar-refractivity contribution in [3.05, 3.63) is 76.6 Å². The molecule has 0 amide bonds. The molecule has 0 aliphatic heterocycles. The highest BCUT2D eigenvalue weighted by molar-refractivity contribution is 7.10. The molecule has 4 aromatic rings. The van der Waals surface area contributed by atoms with Crippen LogP contribution in [0.15, 0.2) is 60.6 Å². The van der Waals surface area contributed by atoms with Crippen molar-refractivity contribution in [3.63, 3.8) is 0 Å². The van der Waals surface area contributed by atoms with Gasteiger partial charge in [-0.2, -0.15) is 9.61 Å². The summed E-state index contributed by atoms with van der Waals surface area (Å²) in [4.78, 5) is 6.07. The van der Waals surface area contributed by atoms with Gasteiger partial charge in [0.1, 0.15) is 5.82 Å². The summed E-state index contributed by atoms with van der Waals surface area (Å²) < 4.78 is 1.90. The molecule has 2 N–H and O–H groups in total. The Hall–Kier alpha value is -2.96. The van der Waals surface area contributed by atoms with Crippen LogP contribution in [0.1, 0.15) is 28.8 Å². The van der Waals surface area contributed by atoms with E-state index in [2.05, 4.69) is 59.6 Å². The summed E-state index contributed by atoms with van der Waals surface area (Å²) in [6.45, 7) is 9.75. The summed E-state index contributed by atoms with van der Waals surface area (Å²) in [5, 5.41) is 13.2. The van der Waals surface area contributed by atoms with Crippen LogP contribution >= 0.6 is 11.3 Å². The van der Waals surface area contributed by atoms with E-state index >= 15 is 0 Å². The van der Waals surface area contributed by atoms with Crippen molar-refractivity contribution >= 4 is 28.9 Å². The summed E-state index contributed by atoms with van der Waals surface area (Å²) in [5.74, 6) is 0.996. The predicted octanol–water partition coefficient (Wildman–Crippen LogP) is 5.82. The Morgan fingerprint density at radius 3 is 2.55 bits per heavy atom. The van der Waals surface area contributed by atoms with E-state index in [1.165, 1.54) is 16.0 Å². The van der Waals surface area contributed by atoms with Crippen LogP contribution in [-0.2, 0) is 0 Å². The van der Waals surface area contributed by atoms with Gasteiger partial charge in [-0.1, -0.05) is 43.0 Å². The number of aromatic nitrogens is 3. The molecule has 0 saturated heterocycles. The SMILES string of the molecule is C=Cc1cccs1.CNCCCCNc1cc(-c2ccccc2C)nc2c(C)cnn12. The van der Waals surface area contributed by atoms with Gasteiger partial charge >= 0.3 is 0 Å². The second-order valence-electron chi connectivity index (χ2n) is 7.36. The lowest BCUT2D eigenvalue weighted by Crippen LogP contribution is -2.12. The monoisotopic (exact) mass is 433 g/mol. The lowest BCUT2D eigenvalue weighted by Gasteiger charge is -2.12. The Morgan fingerprint density at radius 2 is 1.87 bits per heavy atom. The highest BCUT2D eigenvalue weighted by Crippen LogP contribution is 2.26. The Balaban J connectivity index is 0.000000330. The summed E-state index contributed by atoms with van der Waals surface area (Å²) >= 11 is 1.70. The van der Waals surface area contributed by atoms with E-state index in [1.54, 1.807) is 11.3 Å². The fourth-order valence-corrected chi connectivity index (χ4v) is 3.82. The Morgan fingerprint density at radius 1 is 1.06 bits per heavy atom. The molecule has 0 aliphatic rings. The highest BCUT2D eigenvalue weighted by Gasteiger charge is 2.11. The molecule has 0 spiro atoms. The minimum Gasteiger partial charge on any atom is -0.370 e. The molecule has 0 fully saturated rings. The summed E-state index contributed by atoms with van der Waals surface area (Å²) in [5.41, 5.74) is 5.38. The molecule has 0 bridgehead atoms. The fraction of sp³-hybridized carbons (Fsp3) is 0.280. The van der Waals surface area contributed by atoms with Crippen molar-refractivity contribution in [2.75, 3.05) is 25.5 Å². The standard InChI is InChI=1S/C19H25N5.C6H6S/c1-14-8-4-5-9-16(14)17-12-18(21-11-7-6-10-20-3)24-19(23-17)15(2)13-22-24;1-2-6-4-3-5-7-6/h4-5,8-9,12-13,20-21H,6-7,10-11H2,1-3H3;2-5H,1H2. The van der Waals surface area contributed by atoms with E-state index in [1.807, 2.05) is 48.3 Å². The van der Waals surface area contributed by atoms with Gasteiger partial charge < -0.3 is 10.6 Å².